The third kappa shape index (κ3) is 5.23. The summed E-state index contributed by atoms with van der Waals surface area (Å²) in [6.45, 7) is 2.30. The molecule has 8 nitrogen and oxygen atoms in total. The van der Waals surface area contributed by atoms with Crippen LogP contribution in [0.5, 0.6) is 5.75 Å². The summed E-state index contributed by atoms with van der Waals surface area (Å²) < 4.78 is 5.53. The highest BCUT2D eigenvalue weighted by Crippen LogP contribution is 2.26. The molecule has 2 aromatic heterocycles. The molecule has 0 fully saturated rings. The monoisotopic (exact) mass is 459 g/mol. The predicted molar refractivity (Wildman–Crippen MR) is 134 cm³/mol. The van der Waals surface area contributed by atoms with E-state index in [1.165, 1.54) is 0 Å². The zero-order valence-corrected chi connectivity index (χ0v) is 19.7. The lowest BCUT2D eigenvalue weighted by Gasteiger charge is -2.12. The van der Waals surface area contributed by atoms with Crippen LogP contribution in [0, 0.1) is 5.92 Å². The molecule has 1 atom stereocenters. The number of aliphatic hydroxyl groups excluding tert-OH is 1. The molecule has 176 valence electrons. The van der Waals surface area contributed by atoms with E-state index in [0.29, 0.717) is 22.8 Å². The van der Waals surface area contributed by atoms with Gasteiger partial charge in [-0.05, 0) is 49.2 Å². The van der Waals surface area contributed by atoms with E-state index in [0.717, 1.165) is 35.3 Å². The fraction of sp³-hybridized carbons (Fsp3) is 0.308. The maximum atomic E-state index is 12.3. The van der Waals surface area contributed by atoms with Gasteiger partial charge in [0.15, 0.2) is 0 Å². The zero-order valence-electron chi connectivity index (χ0n) is 19.7. The topological polar surface area (TPSA) is 103 Å². The average Bonchev–Trinajstić information content (AvgIpc) is 3.16. The Kier molecular flexibility index (Phi) is 7.18. The minimum atomic E-state index is -0.0723. The van der Waals surface area contributed by atoms with E-state index in [1.54, 1.807) is 31.3 Å². The number of carbonyl (C=O) groups is 1. The molecular formula is C26H29N5O3. The highest BCUT2D eigenvalue weighted by atomic mass is 16.5. The number of allylic oxidation sites excluding steroid dienone is 2. The number of benzene rings is 1. The first-order valence-electron chi connectivity index (χ1n) is 11.4. The lowest BCUT2D eigenvalue weighted by atomic mass is 10.0. The molecule has 1 amide bonds. The lowest BCUT2D eigenvalue weighted by molar-refractivity contribution is 0.0823. The van der Waals surface area contributed by atoms with Gasteiger partial charge in [-0.15, -0.1) is 0 Å². The van der Waals surface area contributed by atoms with Crippen LogP contribution in [0.1, 0.15) is 35.9 Å². The van der Waals surface area contributed by atoms with Gasteiger partial charge >= 0.3 is 0 Å². The number of aliphatic hydroxyl groups is 1. The Balaban J connectivity index is 1.70. The summed E-state index contributed by atoms with van der Waals surface area (Å²) in [5, 5.41) is 9.94. The molecule has 3 heterocycles. The van der Waals surface area contributed by atoms with Gasteiger partial charge in [-0.25, -0.2) is 9.98 Å². The second-order valence-electron chi connectivity index (χ2n) is 8.31. The molecule has 0 saturated heterocycles. The van der Waals surface area contributed by atoms with Crippen molar-refractivity contribution in [1.29, 1.82) is 0 Å². The second kappa shape index (κ2) is 10.4. The number of aromatic amines is 1. The van der Waals surface area contributed by atoms with E-state index in [2.05, 4.69) is 23.0 Å². The van der Waals surface area contributed by atoms with Gasteiger partial charge in [-0.2, -0.15) is 0 Å². The molecule has 1 aromatic carbocycles. The molecule has 0 aliphatic carbocycles. The smallest absolute Gasteiger partial charge is 0.269 e. The first kappa shape index (κ1) is 23.4. The highest BCUT2D eigenvalue weighted by Gasteiger charge is 2.18. The number of aromatic nitrogens is 2. The maximum Gasteiger partial charge on any atom is 0.269 e. The fourth-order valence-electron chi connectivity index (χ4n) is 3.79. The maximum absolute atomic E-state index is 12.3. The Morgan fingerprint density at radius 3 is 2.88 bits per heavy atom. The number of hydrogen-bond acceptors (Lipinski definition) is 5. The number of amidine groups is 1. The number of nitrogens with one attached hydrogen (secondary N) is 1. The van der Waals surface area contributed by atoms with Gasteiger partial charge in [0, 0.05) is 43.2 Å². The second-order valence-corrected chi connectivity index (χ2v) is 8.31. The van der Waals surface area contributed by atoms with Gasteiger partial charge in [0.1, 0.15) is 23.9 Å². The summed E-state index contributed by atoms with van der Waals surface area (Å²) in [5.74, 6) is 1.48. The number of rotatable bonds is 7. The van der Waals surface area contributed by atoms with Gasteiger partial charge in [0.25, 0.3) is 5.91 Å². The Bertz CT molecular complexity index is 1270. The van der Waals surface area contributed by atoms with Crippen LogP contribution in [-0.2, 0) is 0 Å². The van der Waals surface area contributed by atoms with E-state index in [-0.39, 0.29) is 25.0 Å². The zero-order chi connectivity index (χ0) is 24.1. The molecule has 1 aliphatic heterocycles. The van der Waals surface area contributed by atoms with Crippen LogP contribution in [0.4, 0.5) is 5.69 Å². The minimum absolute atomic E-state index is 0.0518. The molecule has 1 aliphatic rings. The number of ether oxygens (including phenoxy) is 1. The van der Waals surface area contributed by atoms with Gasteiger partial charge in [0.2, 0.25) is 0 Å². The molecule has 3 aromatic rings. The van der Waals surface area contributed by atoms with Crippen molar-refractivity contribution in [3.8, 4) is 5.75 Å². The Labute approximate surface area is 198 Å². The first-order chi connectivity index (χ1) is 16.5. The van der Waals surface area contributed by atoms with Crippen LogP contribution in [0.15, 0.2) is 64.7 Å². The quantitative estimate of drug-likeness (QED) is 0.554. The Morgan fingerprint density at radius 2 is 2.12 bits per heavy atom. The summed E-state index contributed by atoms with van der Waals surface area (Å²) in [4.78, 5) is 31.3. The van der Waals surface area contributed by atoms with Gasteiger partial charge in [0.05, 0.1) is 23.7 Å². The molecule has 0 bridgehead atoms. The SMILES string of the molecule is CCC1CC=CC(c2cc(OCCO)ccn2)=NC1=Nc1ccc2[nH]c(C(=O)N(C)C)cc2c1. The predicted octanol–water partition coefficient (Wildman–Crippen LogP) is 4.14. The van der Waals surface area contributed by atoms with E-state index >= 15 is 0 Å². The third-order valence-corrected chi connectivity index (χ3v) is 5.63. The molecule has 0 saturated carbocycles. The largest absolute Gasteiger partial charge is 0.491 e. The average molecular weight is 460 g/mol. The summed E-state index contributed by atoms with van der Waals surface area (Å²) in [6, 6.07) is 11.3. The number of aliphatic imine (C=N–C) groups is 2. The molecule has 1 unspecified atom stereocenters. The normalized spacial score (nSPS) is 17.0. The fourth-order valence-corrected chi connectivity index (χ4v) is 3.79. The minimum Gasteiger partial charge on any atom is -0.491 e. The summed E-state index contributed by atoms with van der Waals surface area (Å²) >= 11 is 0. The van der Waals surface area contributed by atoms with Crippen LogP contribution >= 0.6 is 0 Å². The molecule has 4 rings (SSSR count). The van der Waals surface area contributed by atoms with Crippen LogP contribution in [-0.4, -0.2) is 64.7 Å². The molecule has 0 radical (unpaired) electrons. The highest BCUT2D eigenvalue weighted by molar-refractivity contribution is 6.14. The van der Waals surface area contributed by atoms with Crippen molar-refractivity contribution in [2.45, 2.75) is 19.8 Å². The first-order valence-corrected chi connectivity index (χ1v) is 11.4. The molecule has 2 N–H and O–H groups in total. The number of pyridine rings is 1. The number of amides is 1. The molecular weight excluding hydrogens is 430 g/mol. The van der Waals surface area contributed by atoms with Crippen LogP contribution in [0.25, 0.3) is 10.9 Å². The van der Waals surface area contributed by atoms with Crippen LogP contribution in [0.2, 0.25) is 0 Å². The molecule has 8 heteroatoms. The van der Waals surface area contributed by atoms with Gasteiger partial charge < -0.3 is 19.7 Å². The van der Waals surface area contributed by atoms with Crippen molar-refractivity contribution < 1.29 is 14.6 Å². The number of fused-ring (bicyclic) bond motifs is 1. The van der Waals surface area contributed by atoms with E-state index in [4.69, 9.17) is 19.8 Å². The summed E-state index contributed by atoms with van der Waals surface area (Å²) in [7, 11) is 3.46. The van der Waals surface area contributed by atoms with Crippen molar-refractivity contribution in [2.75, 3.05) is 27.3 Å². The lowest BCUT2D eigenvalue weighted by Crippen LogP contribution is -2.21. The molecule has 0 spiro atoms. The van der Waals surface area contributed by atoms with Crippen LogP contribution < -0.4 is 4.74 Å². The summed E-state index contributed by atoms with van der Waals surface area (Å²) in [5.41, 5.74) is 3.61. The van der Waals surface area contributed by atoms with Crippen molar-refractivity contribution in [3.63, 3.8) is 0 Å². The number of carbonyl (C=O) groups excluding carboxylic acids is 1. The Hall–Kier alpha value is -3.78. The number of nitrogens with zero attached hydrogens (tertiary/aromatic N) is 4. The third-order valence-electron chi connectivity index (χ3n) is 5.63. The van der Waals surface area contributed by atoms with Crippen molar-refractivity contribution >= 4 is 34.0 Å². The van der Waals surface area contributed by atoms with Crippen LogP contribution in [0.3, 0.4) is 0 Å². The van der Waals surface area contributed by atoms with E-state index in [9.17, 15) is 4.79 Å². The Morgan fingerprint density at radius 1 is 1.26 bits per heavy atom. The van der Waals surface area contributed by atoms with Crippen molar-refractivity contribution in [2.24, 2.45) is 15.9 Å². The van der Waals surface area contributed by atoms with Gasteiger partial charge in [-0.1, -0.05) is 13.0 Å². The van der Waals surface area contributed by atoms with E-state index in [1.807, 2.05) is 36.4 Å². The van der Waals surface area contributed by atoms with E-state index < -0.39 is 0 Å². The summed E-state index contributed by atoms with van der Waals surface area (Å²) in [6.07, 6.45) is 7.48. The standard InChI is InChI=1S/C26H29N5O3/c1-4-17-6-5-7-22(23-16-20(10-11-27-23)34-13-12-32)30-25(17)28-19-8-9-21-18(14-19)15-24(29-21)26(33)31(2)3/h5,7-11,14-17,29,32H,4,6,12-13H2,1-3H3. The molecule has 34 heavy (non-hydrogen) atoms. The number of hydrogen-bond donors (Lipinski definition) is 2. The number of H-pyrrole nitrogens is 1. The van der Waals surface area contributed by atoms with Crippen molar-refractivity contribution in [3.05, 3.63) is 66.1 Å². The van der Waals surface area contributed by atoms with Gasteiger partial charge in [-0.3, -0.25) is 9.78 Å². The van der Waals surface area contributed by atoms with Crippen molar-refractivity contribution in [1.82, 2.24) is 14.9 Å².